The summed E-state index contributed by atoms with van der Waals surface area (Å²) in [5, 5.41) is 0. The third-order valence-corrected chi connectivity index (χ3v) is 2.98. The number of carbonyl (C=O) groups excluding carboxylic acids is 1. The van der Waals surface area contributed by atoms with Crippen molar-refractivity contribution in [3.8, 4) is 0 Å². The molecule has 16 heavy (non-hydrogen) atoms. The molecule has 0 fully saturated rings. The minimum atomic E-state index is -3.05. The van der Waals surface area contributed by atoms with Gasteiger partial charge in [0.1, 0.15) is 0 Å². The first-order valence-corrected chi connectivity index (χ1v) is 6.75. The summed E-state index contributed by atoms with van der Waals surface area (Å²) in [7, 11) is -1.74. The summed E-state index contributed by atoms with van der Waals surface area (Å²) >= 11 is 0. The third kappa shape index (κ3) is 3.34. The minimum Gasteiger partial charge on any atom is -0.465 e. The highest BCUT2D eigenvalue weighted by Crippen LogP contribution is 2.14. The molecule has 0 amide bonds. The van der Waals surface area contributed by atoms with E-state index in [9.17, 15) is 13.2 Å². The Bertz CT molecular complexity index is 503. The number of benzene rings is 1. The maximum atomic E-state index is 11.3. The first kappa shape index (κ1) is 12.7. The minimum absolute atomic E-state index is 0.0186. The fourth-order valence-electron chi connectivity index (χ4n) is 1.46. The largest absolute Gasteiger partial charge is 0.465 e. The Balaban J connectivity index is 3.05. The number of rotatable bonds is 3. The van der Waals surface area contributed by atoms with Crippen molar-refractivity contribution in [2.45, 2.75) is 12.7 Å². The fourth-order valence-corrected chi connectivity index (χ4v) is 2.24. The van der Waals surface area contributed by atoms with Gasteiger partial charge in [-0.15, -0.1) is 0 Å². The van der Waals surface area contributed by atoms with E-state index in [1.807, 2.05) is 0 Å². The van der Waals surface area contributed by atoms with Crippen LogP contribution >= 0.6 is 0 Å². The van der Waals surface area contributed by atoms with E-state index in [0.717, 1.165) is 0 Å². The second-order valence-corrected chi connectivity index (χ2v) is 5.85. The van der Waals surface area contributed by atoms with Gasteiger partial charge in [-0.05, 0) is 24.1 Å². The molecule has 1 aromatic rings. The van der Waals surface area contributed by atoms with Crippen molar-refractivity contribution in [1.82, 2.24) is 0 Å². The quantitative estimate of drug-likeness (QED) is 0.750. The van der Waals surface area contributed by atoms with Crippen LogP contribution in [0.15, 0.2) is 18.2 Å². The lowest BCUT2D eigenvalue weighted by Gasteiger charge is -2.06. The summed E-state index contributed by atoms with van der Waals surface area (Å²) in [5.74, 6) is -0.432. The predicted octanol–water partition coefficient (Wildman–Crippen LogP) is 1.33. The van der Waals surface area contributed by atoms with Gasteiger partial charge in [-0.2, -0.15) is 0 Å². The third-order valence-electron chi connectivity index (χ3n) is 2.12. The molecule has 1 aromatic carbocycles. The lowest BCUT2D eigenvalue weighted by molar-refractivity contribution is 0.0600. The molecule has 88 valence electrons. The second-order valence-electron chi connectivity index (χ2n) is 3.71. The van der Waals surface area contributed by atoms with Gasteiger partial charge >= 0.3 is 5.97 Å². The number of sulfone groups is 1. The van der Waals surface area contributed by atoms with Crippen LogP contribution in [0.4, 0.5) is 0 Å². The van der Waals surface area contributed by atoms with Crippen molar-refractivity contribution in [1.29, 1.82) is 0 Å². The standard InChI is InChI=1S/C11H14O4S/c1-8-6-9(7-16(3,13)14)4-5-10(8)11(12)15-2/h4-6H,7H2,1-3H3. The van der Waals surface area contributed by atoms with Crippen molar-refractivity contribution in [2.75, 3.05) is 13.4 Å². The number of ether oxygens (including phenoxy) is 1. The topological polar surface area (TPSA) is 60.4 Å². The van der Waals surface area contributed by atoms with E-state index in [4.69, 9.17) is 0 Å². The van der Waals surface area contributed by atoms with Gasteiger partial charge in [0.15, 0.2) is 9.84 Å². The molecule has 1 rings (SSSR count). The van der Waals surface area contributed by atoms with E-state index < -0.39 is 15.8 Å². The van der Waals surface area contributed by atoms with Crippen molar-refractivity contribution in [3.05, 3.63) is 34.9 Å². The maximum absolute atomic E-state index is 11.3. The summed E-state index contributed by atoms with van der Waals surface area (Å²) < 4.78 is 26.8. The van der Waals surface area contributed by atoms with Crippen LogP contribution in [0.5, 0.6) is 0 Å². The predicted molar refractivity (Wildman–Crippen MR) is 61.1 cm³/mol. The molecule has 0 spiro atoms. The summed E-state index contributed by atoms with van der Waals surface area (Å²) in [6.45, 7) is 1.75. The van der Waals surface area contributed by atoms with Crippen molar-refractivity contribution >= 4 is 15.8 Å². The van der Waals surface area contributed by atoms with Gasteiger partial charge < -0.3 is 4.74 Å². The molecule has 0 aromatic heterocycles. The Hall–Kier alpha value is -1.36. The Morgan fingerprint density at radius 1 is 1.38 bits per heavy atom. The average molecular weight is 242 g/mol. The lowest BCUT2D eigenvalue weighted by atomic mass is 10.1. The van der Waals surface area contributed by atoms with E-state index in [1.165, 1.54) is 13.4 Å². The van der Waals surface area contributed by atoms with Gasteiger partial charge in [0.2, 0.25) is 0 Å². The Morgan fingerprint density at radius 2 is 2.00 bits per heavy atom. The van der Waals surface area contributed by atoms with Crippen LogP contribution in [0.1, 0.15) is 21.5 Å². The van der Waals surface area contributed by atoms with Crippen molar-refractivity contribution in [2.24, 2.45) is 0 Å². The molecule has 0 aliphatic carbocycles. The molecule has 0 heterocycles. The summed E-state index contributed by atoms with van der Waals surface area (Å²) in [6, 6.07) is 4.90. The van der Waals surface area contributed by atoms with Gasteiger partial charge in [-0.25, -0.2) is 13.2 Å². The van der Waals surface area contributed by atoms with E-state index in [1.54, 1.807) is 25.1 Å². The molecule has 0 atom stereocenters. The number of methoxy groups -OCH3 is 1. The van der Waals surface area contributed by atoms with E-state index in [0.29, 0.717) is 16.7 Å². The molecule has 4 nitrogen and oxygen atoms in total. The number of carbonyl (C=O) groups is 1. The molecule has 0 radical (unpaired) electrons. The van der Waals surface area contributed by atoms with Crippen LogP contribution in [0.2, 0.25) is 0 Å². The van der Waals surface area contributed by atoms with Gasteiger partial charge in [-0.3, -0.25) is 0 Å². The zero-order chi connectivity index (χ0) is 12.3. The van der Waals surface area contributed by atoms with Crippen molar-refractivity contribution in [3.63, 3.8) is 0 Å². The summed E-state index contributed by atoms with van der Waals surface area (Å²) in [5.41, 5.74) is 1.85. The van der Waals surface area contributed by atoms with Crippen molar-refractivity contribution < 1.29 is 17.9 Å². The highest BCUT2D eigenvalue weighted by atomic mass is 32.2. The summed E-state index contributed by atoms with van der Waals surface area (Å²) in [4.78, 5) is 11.3. The zero-order valence-corrected chi connectivity index (χ0v) is 10.3. The molecule has 0 saturated heterocycles. The van der Waals surface area contributed by atoms with Crippen LogP contribution in [-0.4, -0.2) is 27.8 Å². The average Bonchev–Trinajstić information content (AvgIpc) is 2.14. The van der Waals surface area contributed by atoms with Gasteiger partial charge in [-0.1, -0.05) is 12.1 Å². The van der Waals surface area contributed by atoms with E-state index in [-0.39, 0.29) is 5.75 Å². The molecule has 0 aliphatic heterocycles. The normalized spacial score (nSPS) is 11.2. The maximum Gasteiger partial charge on any atom is 0.338 e. The van der Waals surface area contributed by atoms with E-state index >= 15 is 0 Å². The van der Waals surface area contributed by atoms with Crippen LogP contribution in [0.3, 0.4) is 0 Å². The molecule has 0 aliphatic rings. The molecule has 5 heteroatoms. The SMILES string of the molecule is COC(=O)c1ccc(CS(C)(=O)=O)cc1C. The number of esters is 1. The highest BCUT2D eigenvalue weighted by molar-refractivity contribution is 7.89. The Labute approximate surface area is 95.2 Å². The highest BCUT2D eigenvalue weighted by Gasteiger charge is 2.11. The summed E-state index contributed by atoms with van der Waals surface area (Å²) in [6.07, 6.45) is 1.18. The number of aryl methyl sites for hydroxylation is 1. The first-order chi connectivity index (χ1) is 7.33. The van der Waals surface area contributed by atoms with Crippen LogP contribution in [0.25, 0.3) is 0 Å². The molecule has 0 N–H and O–H groups in total. The van der Waals surface area contributed by atoms with Crippen LogP contribution in [-0.2, 0) is 20.3 Å². The zero-order valence-electron chi connectivity index (χ0n) is 9.48. The number of hydrogen-bond donors (Lipinski definition) is 0. The first-order valence-electron chi connectivity index (χ1n) is 4.69. The molecular formula is C11H14O4S. The number of hydrogen-bond acceptors (Lipinski definition) is 4. The Kier molecular flexibility index (Phi) is 3.70. The molecule has 0 bridgehead atoms. The van der Waals surface area contributed by atoms with Gasteiger partial charge in [0, 0.05) is 6.26 Å². The Morgan fingerprint density at radius 3 is 2.44 bits per heavy atom. The second kappa shape index (κ2) is 4.65. The van der Waals surface area contributed by atoms with Gasteiger partial charge in [0.05, 0.1) is 18.4 Å². The monoisotopic (exact) mass is 242 g/mol. The van der Waals surface area contributed by atoms with Gasteiger partial charge in [0.25, 0.3) is 0 Å². The lowest BCUT2D eigenvalue weighted by Crippen LogP contribution is -2.06. The molecular weight excluding hydrogens is 228 g/mol. The van der Waals surface area contributed by atoms with E-state index in [2.05, 4.69) is 4.74 Å². The molecule has 0 unspecified atom stereocenters. The van der Waals surface area contributed by atoms with Crippen LogP contribution in [0, 0.1) is 6.92 Å². The molecule has 0 saturated carbocycles. The smallest absolute Gasteiger partial charge is 0.338 e. The fraction of sp³-hybridized carbons (Fsp3) is 0.364. The van der Waals surface area contributed by atoms with Crippen LogP contribution < -0.4 is 0 Å².